The Morgan fingerprint density at radius 3 is 2.46 bits per heavy atom. The van der Waals surface area contributed by atoms with Gasteiger partial charge in [0.2, 0.25) is 5.78 Å². The number of halogens is 1. The zero-order valence-corrected chi connectivity index (χ0v) is 15.3. The minimum absolute atomic E-state index is 0.197. The summed E-state index contributed by atoms with van der Waals surface area (Å²) in [4.78, 5) is 17.2. The van der Waals surface area contributed by atoms with Crippen LogP contribution < -0.4 is 11.1 Å². The summed E-state index contributed by atoms with van der Waals surface area (Å²) in [6.45, 7) is 0. The summed E-state index contributed by atoms with van der Waals surface area (Å²) in [5.74, 6) is -0.00692. The fraction of sp³-hybridized carbons (Fsp3) is 0. The maximum absolute atomic E-state index is 12.6. The van der Waals surface area contributed by atoms with Crippen LogP contribution in [0.15, 0.2) is 48.5 Å². The summed E-state index contributed by atoms with van der Waals surface area (Å²) < 4.78 is 1.13. The van der Waals surface area contributed by atoms with Crippen molar-refractivity contribution in [2.75, 3.05) is 11.1 Å². The third-order valence-corrected chi connectivity index (χ3v) is 4.94. The standard InChI is InChI=1S/C17H11IN4OS/c18-12-5-7-13(8-6-12)21-17-22-16(20)15(24-17)14(23)11-3-1-10(9-19)2-4-11/h1-8H,20H2,(H,21,22). The highest BCUT2D eigenvalue weighted by Crippen LogP contribution is 2.29. The fourth-order valence-corrected chi connectivity index (χ4v) is 3.26. The molecular formula is C17H11IN4OS. The maximum Gasteiger partial charge on any atom is 0.206 e. The van der Waals surface area contributed by atoms with E-state index in [1.165, 1.54) is 11.3 Å². The number of ketones is 1. The summed E-state index contributed by atoms with van der Waals surface area (Å²) in [6, 6.07) is 16.3. The lowest BCUT2D eigenvalue weighted by Gasteiger charge is -2.01. The van der Waals surface area contributed by atoms with Crippen molar-refractivity contribution in [3.8, 4) is 6.07 Å². The van der Waals surface area contributed by atoms with E-state index in [-0.39, 0.29) is 11.6 Å². The first-order valence-corrected chi connectivity index (χ1v) is 8.80. The molecule has 3 N–H and O–H groups in total. The lowest BCUT2D eigenvalue weighted by molar-refractivity contribution is 0.104. The van der Waals surface area contributed by atoms with E-state index in [0.717, 1.165) is 9.26 Å². The van der Waals surface area contributed by atoms with Crippen molar-refractivity contribution in [3.63, 3.8) is 0 Å². The first kappa shape index (κ1) is 16.4. The van der Waals surface area contributed by atoms with Crippen molar-refractivity contribution in [1.82, 2.24) is 4.98 Å². The van der Waals surface area contributed by atoms with E-state index < -0.39 is 0 Å². The van der Waals surface area contributed by atoms with Crippen LogP contribution in [0.4, 0.5) is 16.6 Å². The Morgan fingerprint density at radius 2 is 1.83 bits per heavy atom. The molecule has 3 rings (SSSR count). The molecule has 0 fully saturated rings. The Balaban J connectivity index is 1.83. The Kier molecular flexibility index (Phi) is 4.78. The summed E-state index contributed by atoms with van der Waals surface area (Å²) >= 11 is 3.44. The molecule has 0 saturated heterocycles. The van der Waals surface area contributed by atoms with Crippen molar-refractivity contribution < 1.29 is 4.79 Å². The van der Waals surface area contributed by atoms with Gasteiger partial charge in [0.25, 0.3) is 0 Å². The summed E-state index contributed by atoms with van der Waals surface area (Å²) in [6.07, 6.45) is 0. The molecular weight excluding hydrogens is 435 g/mol. The molecule has 5 nitrogen and oxygen atoms in total. The number of nitriles is 1. The van der Waals surface area contributed by atoms with Crippen LogP contribution in [0.1, 0.15) is 20.8 Å². The van der Waals surface area contributed by atoms with Gasteiger partial charge in [0, 0.05) is 14.8 Å². The molecule has 0 aliphatic heterocycles. The highest BCUT2D eigenvalue weighted by molar-refractivity contribution is 14.1. The number of carbonyl (C=O) groups is 1. The van der Waals surface area contributed by atoms with Crippen LogP contribution in [0.3, 0.4) is 0 Å². The fourth-order valence-electron chi connectivity index (χ4n) is 2.03. The van der Waals surface area contributed by atoms with Gasteiger partial charge in [0.1, 0.15) is 10.7 Å². The third kappa shape index (κ3) is 3.55. The first-order chi connectivity index (χ1) is 11.6. The molecule has 24 heavy (non-hydrogen) atoms. The van der Waals surface area contributed by atoms with E-state index in [4.69, 9.17) is 11.0 Å². The molecule has 0 spiro atoms. The molecule has 0 unspecified atom stereocenters. The quantitative estimate of drug-likeness (QED) is 0.464. The Labute approximate surface area is 156 Å². The molecule has 0 aliphatic rings. The molecule has 7 heteroatoms. The van der Waals surface area contributed by atoms with E-state index in [2.05, 4.69) is 32.9 Å². The number of nitrogens with zero attached hydrogens (tertiary/aromatic N) is 2. The van der Waals surface area contributed by atoms with Gasteiger partial charge in [-0.05, 0) is 71.1 Å². The number of thiazole rings is 1. The number of nitrogen functional groups attached to an aromatic ring is 1. The van der Waals surface area contributed by atoms with Gasteiger partial charge >= 0.3 is 0 Å². The summed E-state index contributed by atoms with van der Waals surface area (Å²) in [7, 11) is 0. The number of anilines is 3. The first-order valence-electron chi connectivity index (χ1n) is 6.90. The van der Waals surface area contributed by atoms with Gasteiger partial charge in [-0.3, -0.25) is 4.79 Å². The number of nitrogens with one attached hydrogen (secondary N) is 1. The number of nitrogens with two attached hydrogens (primary N) is 1. The van der Waals surface area contributed by atoms with Crippen molar-refractivity contribution in [2.45, 2.75) is 0 Å². The van der Waals surface area contributed by atoms with Gasteiger partial charge in [-0.2, -0.15) is 5.26 Å². The largest absolute Gasteiger partial charge is 0.382 e. The topological polar surface area (TPSA) is 91.8 Å². The normalized spacial score (nSPS) is 10.2. The number of carbonyl (C=O) groups excluding carboxylic acids is 1. The number of hydrogen-bond acceptors (Lipinski definition) is 6. The Bertz CT molecular complexity index is 927. The van der Waals surface area contributed by atoms with Crippen LogP contribution in [0.25, 0.3) is 0 Å². The molecule has 0 atom stereocenters. The van der Waals surface area contributed by atoms with Crippen LogP contribution in [0.5, 0.6) is 0 Å². The molecule has 0 radical (unpaired) electrons. The van der Waals surface area contributed by atoms with Crippen molar-refractivity contribution >= 4 is 56.3 Å². The number of aromatic nitrogens is 1. The lowest BCUT2D eigenvalue weighted by atomic mass is 10.1. The minimum Gasteiger partial charge on any atom is -0.382 e. The third-order valence-electron chi connectivity index (χ3n) is 3.23. The second-order valence-corrected chi connectivity index (χ2v) is 7.13. The minimum atomic E-state index is -0.204. The van der Waals surface area contributed by atoms with Gasteiger partial charge in [0.05, 0.1) is 11.6 Å². The van der Waals surface area contributed by atoms with Crippen LogP contribution in [0, 0.1) is 14.9 Å². The molecule has 0 bridgehead atoms. The zero-order valence-electron chi connectivity index (χ0n) is 12.3. The highest BCUT2D eigenvalue weighted by atomic mass is 127. The van der Waals surface area contributed by atoms with E-state index >= 15 is 0 Å². The van der Waals surface area contributed by atoms with E-state index in [1.54, 1.807) is 24.3 Å². The molecule has 1 aromatic heterocycles. The second-order valence-electron chi connectivity index (χ2n) is 4.88. The average molecular weight is 446 g/mol. The lowest BCUT2D eigenvalue weighted by Crippen LogP contribution is -2.02. The monoisotopic (exact) mass is 446 g/mol. The second kappa shape index (κ2) is 6.98. The van der Waals surface area contributed by atoms with E-state index in [1.807, 2.05) is 30.3 Å². The molecule has 118 valence electrons. The molecule has 1 heterocycles. The van der Waals surface area contributed by atoms with Gasteiger partial charge in [0.15, 0.2) is 5.13 Å². The molecule has 0 aliphatic carbocycles. The zero-order chi connectivity index (χ0) is 17.1. The van der Waals surface area contributed by atoms with Crippen molar-refractivity contribution in [2.24, 2.45) is 0 Å². The Hall–Kier alpha value is -2.44. The maximum atomic E-state index is 12.6. The molecule has 0 amide bonds. The SMILES string of the molecule is N#Cc1ccc(C(=O)c2sc(Nc3ccc(I)cc3)nc2N)cc1. The number of benzene rings is 2. The van der Waals surface area contributed by atoms with E-state index in [0.29, 0.717) is 21.1 Å². The van der Waals surface area contributed by atoms with Crippen LogP contribution in [0.2, 0.25) is 0 Å². The van der Waals surface area contributed by atoms with E-state index in [9.17, 15) is 4.79 Å². The van der Waals surface area contributed by atoms with Gasteiger partial charge < -0.3 is 11.1 Å². The Morgan fingerprint density at radius 1 is 1.17 bits per heavy atom. The molecule has 3 aromatic rings. The summed E-state index contributed by atoms with van der Waals surface area (Å²) in [5.41, 5.74) is 7.76. The predicted molar refractivity (Wildman–Crippen MR) is 104 cm³/mol. The highest BCUT2D eigenvalue weighted by Gasteiger charge is 2.18. The van der Waals surface area contributed by atoms with Crippen LogP contribution >= 0.6 is 33.9 Å². The summed E-state index contributed by atoms with van der Waals surface area (Å²) in [5, 5.41) is 12.5. The van der Waals surface area contributed by atoms with Crippen molar-refractivity contribution in [3.05, 3.63) is 68.1 Å². The van der Waals surface area contributed by atoms with Gasteiger partial charge in [-0.1, -0.05) is 11.3 Å². The van der Waals surface area contributed by atoms with Crippen molar-refractivity contribution in [1.29, 1.82) is 5.26 Å². The number of rotatable bonds is 4. The molecule has 2 aromatic carbocycles. The van der Waals surface area contributed by atoms with Gasteiger partial charge in [-0.15, -0.1) is 0 Å². The average Bonchev–Trinajstić information content (AvgIpc) is 2.96. The van der Waals surface area contributed by atoms with Gasteiger partial charge in [-0.25, -0.2) is 4.98 Å². The number of hydrogen-bond donors (Lipinski definition) is 2. The predicted octanol–water partition coefficient (Wildman–Crippen LogP) is 4.18. The molecule has 0 saturated carbocycles. The van der Waals surface area contributed by atoms with Crippen LogP contribution in [-0.4, -0.2) is 10.8 Å². The smallest absolute Gasteiger partial charge is 0.206 e. The van der Waals surface area contributed by atoms with Crippen LogP contribution in [-0.2, 0) is 0 Å².